The van der Waals surface area contributed by atoms with Crippen LogP contribution in [0.15, 0.2) is 45.7 Å². The molecule has 0 saturated heterocycles. The molecule has 0 aliphatic carbocycles. The van der Waals surface area contributed by atoms with Crippen molar-refractivity contribution in [3.05, 3.63) is 58.3 Å². The van der Waals surface area contributed by atoms with Gasteiger partial charge in [0.25, 0.3) is 5.56 Å². The van der Waals surface area contributed by atoms with Gasteiger partial charge in [0.2, 0.25) is 17.7 Å². The Hall–Kier alpha value is -3.42. The molecular formula is C20H22N4O4. The van der Waals surface area contributed by atoms with E-state index >= 15 is 0 Å². The van der Waals surface area contributed by atoms with Crippen LogP contribution in [0.1, 0.15) is 31.2 Å². The predicted molar refractivity (Wildman–Crippen MR) is 104 cm³/mol. The second kappa shape index (κ2) is 8.08. The average molecular weight is 382 g/mol. The summed E-state index contributed by atoms with van der Waals surface area (Å²) in [4.78, 5) is 24.6. The lowest BCUT2D eigenvalue weighted by atomic mass is 10.2. The minimum absolute atomic E-state index is 0.0993. The van der Waals surface area contributed by atoms with Gasteiger partial charge < -0.3 is 19.0 Å². The monoisotopic (exact) mass is 382 g/mol. The van der Waals surface area contributed by atoms with Gasteiger partial charge in [-0.3, -0.25) is 9.59 Å². The number of nitrogens with one attached hydrogen (secondary N) is 1. The van der Waals surface area contributed by atoms with Crippen molar-refractivity contribution in [1.29, 1.82) is 0 Å². The zero-order chi connectivity index (χ0) is 20.3. The second-order valence-corrected chi connectivity index (χ2v) is 6.74. The molecule has 0 aliphatic rings. The molecule has 0 spiro atoms. The summed E-state index contributed by atoms with van der Waals surface area (Å²) in [6, 6.07) is 8.44. The molecule has 8 heteroatoms. The summed E-state index contributed by atoms with van der Waals surface area (Å²) in [5.41, 5.74) is 1.79. The average Bonchev–Trinajstić information content (AvgIpc) is 3.14. The molecule has 0 saturated carbocycles. The van der Waals surface area contributed by atoms with Crippen molar-refractivity contribution < 1.29 is 13.9 Å². The van der Waals surface area contributed by atoms with Crippen LogP contribution in [0.4, 0.5) is 5.69 Å². The maximum absolute atomic E-state index is 12.5. The van der Waals surface area contributed by atoms with Crippen LogP contribution in [-0.2, 0) is 11.3 Å². The summed E-state index contributed by atoms with van der Waals surface area (Å²) in [5, 5.41) is 10.8. The van der Waals surface area contributed by atoms with E-state index in [-0.39, 0.29) is 23.9 Å². The number of carbonyl (C=O) groups is 1. The minimum Gasteiger partial charge on any atom is -0.495 e. The lowest BCUT2D eigenvalue weighted by Gasteiger charge is -2.12. The van der Waals surface area contributed by atoms with E-state index in [9.17, 15) is 9.59 Å². The molecule has 2 aromatic heterocycles. The third-order valence-electron chi connectivity index (χ3n) is 4.11. The van der Waals surface area contributed by atoms with Crippen LogP contribution in [0.25, 0.3) is 11.5 Å². The highest BCUT2D eigenvalue weighted by Gasteiger charge is 2.14. The number of amides is 1. The van der Waals surface area contributed by atoms with Gasteiger partial charge in [0.15, 0.2) is 0 Å². The number of benzene rings is 1. The highest BCUT2D eigenvalue weighted by atomic mass is 16.5. The van der Waals surface area contributed by atoms with Gasteiger partial charge in [0, 0.05) is 18.2 Å². The first-order valence-corrected chi connectivity index (χ1v) is 8.86. The van der Waals surface area contributed by atoms with E-state index in [2.05, 4.69) is 15.5 Å². The number of rotatable bonds is 6. The van der Waals surface area contributed by atoms with Gasteiger partial charge in [0.05, 0.1) is 18.4 Å². The van der Waals surface area contributed by atoms with E-state index in [1.165, 1.54) is 23.9 Å². The number of aryl methyl sites for hydroxylation is 1. The lowest BCUT2D eigenvalue weighted by molar-refractivity contribution is -0.116. The molecule has 3 aromatic rings. The van der Waals surface area contributed by atoms with Crippen molar-refractivity contribution in [2.24, 2.45) is 0 Å². The van der Waals surface area contributed by atoms with Crippen molar-refractivity contribution in [2.75, 3.05) is 12.4 Å². The predicted octanol–water partition coefficient (Wildman–Crippen LogP) is 2.98. The molecule has 0 bridgehead atoms. The molecule has 2 heterocycles. The first kappa shape index (κ1) is 19.3. The van der Waals surface area contributed by atoms with Gasteiger partial charge in [-0.1, -0.05) is 19.9 Å². The van der Waals surface area contributed by atoms with Gasteiger partial charge in [-0.2, -0.15) is 0 Å². The first-order chi connectivity index (χ1) is 13.4. The summed E-state index contributed by atoms with van der Waals surface area (Å²) in [5.74, 6) is 1.11. The van der Waals surface area contributed by atoms with Crippen LogP contribution < -0.4 is 15.6 Å². The van der Waals surface area contributed by atoms with Gasteiger partial charge in [-0.15, -0.1) is 10.2 Å². The third kappa shape index (κ3) is 4.28. The fourth-order valence-corrected chi connectivity index (χ4v) is 2.63. The highest BCUT2D eigenvalue weighted by molar-refractivity contribution is 5.92. The zero-order valence-corrected chi connectivity index (χ0v) is 16.2. The van der Waals surface area contributed by atoms with E-state index in [0.29, 0.717) is 28.8 Å². The van der Waals surface area contributed by atoms with Gasteiger partial charge >= 0.3 is 0 Å². The number of anilines is 1. The smallest absolute Gasteiger partial charge is 0.251 e. The van der Waals surface area contributed by atoms with Crippen molar-refractivity contribution in [3.8, 4) is 17.2 Å². The Balaban J connectivity index is 1.81. The number of ether oxygens (including phenoxy) is 1. The number of pyridine rings is 1. The SMILES string of the molecule is COc1ccc(C)cc1NC(=O)Cn1cc(-c2nnc(C(C)C)o2)ccc1=O. The number of aromatic nitrogens is 3. The molecule has 8 nitrogen and oxygen atoms in total. The quantitative estimate of drug-likeness (QED) is 0.704. The molecule has 0 aliphatic heterocycles. The molecule has 146 valence electrons. The topological polar surface area (TPSA) is 99.2 Å². The Morgan fingerprint density at radius 3 is 2.71 bits per heavy atom. The van der Waals surface area contributed by atoms with E-state index in [1.807, 2.05) is 32.9 Å². The minimum atomic E-state index is -0.350. The van der Waals surface area contributed by atoms with E-state index in [0.717, 1.165) is 5.56 Å². The summed E-state index contributed by atoms with van der Waals surface area (Å²) in [7, 11) is 1.53. The normalized spacial score (nSPS) is 10.9. The molecule has 0 radical (unpaired) electrons. The van der Waals surface area contributed by atoms with Gasteiger partial charge in [-0.25, -0.2) is 0 Å². The van der Waals surface area contributed by atoms with Crippen molar-refractivity contribution >= 4 is 11.6 Å². The lowest BCUT2D eigenvalue weighted by Crippen LogP contribution is -2.27. The number of methoxy groups -OCH3 is 1. The molecule has 1 N–H and O–H groups in total. The number of hydrogen-bond donors (Lipinski definition) is 1. The van der Waals surface area contributed by atoms with Crippen LogP contribution in [0, 0.1) is 6.92 Å². The molecule has 0 unspecified atom stereocenters. The Bertz CT molecular complexity index is 1050. The number of nitrogens with zero attached hydrogens (tertiary/aromatic N) is 3. The van der Waals surface area contributed by atoms with Crippen LogP contribution in [0.2, 0.25) is 0 Å². The van der Waals surface area contributed by atoms with Gasteiger partial charge in [0.1, 0.15) is 12.3 Å². The third-order valence-corrected chi connectivity index (χ3v) is 4.11. The fourth-order valence-electron chi connectivity index (χ4n) is 2.63. The molecule has 28 heavy (non-hydrogen) atoms. The number of carbonyl (C=O) groups excluding carboxylic acids is 1. The van der Waals surface area contributed by atoms with Crippen LogP contribution in [0.3, 0.4) is 0 Å². The standard InChI is InChI=1S/C20H22N4O4/c1-12(2)19-22-23-20(28-19)14-6-8-18(26)24(10-14)11-17(25)21-15-9-13(3)5-7-16(15)27-4/h5-10,12H,11H2,1-4H3,(H,21,25). The molecule has 0 fully saturated rings. The van der Waals surface area contributed by atoms with Crippen molar-refractivity contribution in [2.45, 2.75) is 33.2 Å². The molecule has 1 aromatic carbocycles. The fraction of sp³-hybridized carbons (Fsp3) is 0.300. The van der Waals surface area contributed by atoms with Crippen LogP contribution >= 0.6 is 0 Å². The van der Waals surface area contributed by atoms with E-state index in [1.54, 1.807) is 12.1 Å². The summed E-state index contributed by atoms with van der Waals surface area (Å²) in [6.45, 7) is 5.65. The Morgan fingerprint density at radius 1 is 1.25 bits per heavy atom. The molecular weight excluding hydrogens is 360 g/mol. The van der Waals surface area contributed by atoms with Crippen LogP contribution in [0.5, 0.6) is 5.75 Å². The first-order valence-electron chi connectivity index (χ1n) is 8.86. The zero-order valence-electron chi connectivity index (χ0n) is 16.2. The Kier molecular flexibility index (Phi) is 5.58. The highest BCUT2D eigenvalue weighted by Crippen LogP contribution is 2.25. The largest absolute Gasteiger partial charge is 0.495 e. The molecule has 3 rings (SSSR count). The second-order valence-electron chi connectivity index (χ2n) is 6.74. The maximum atomic E-state index is 12.5. The van der Waals surface area contributed by atoms with E-state index < -0.39 is 0 Å². The Morgan fingerprint density at radius 2 is 2.04 bits per heavy atom. The van der Waals surface area contributed by atoms with E-state index in [4.69, 9.17) is 9.15 Å². The molecule has 1 amide bonds. The summed E-state index contributed by atoms with van der Waals surface area (Å²) >= 11 is 0. The molecule has 0 atom stereocenters. The Labute approximate surface area is 162 Å². The van der Waals surface area contributed by atoms with Crippen molar-refractivity contribution in [1.82, 2.24) is 14.8 Å². The van der Waals surface area contributed by atoms with Crippen molar-refractivity contribution in [3.63, 3.8) is 0 Å². The summed E-state index contributed by atoms with van der Waals surface area (Å²) in [6.07, 6.45) is 1.53. The summed E-state index contributed by atoms with van der Waals surface area (Å²) < 4.78 is 12.2. The maximum Gasteiger partial charge on any atom is 0.251 e. The number of hydrogen-bond acceptors (Lipinski definition) is 6. The van der Waals surface area contributed by atoms with Gasteiger partial charge in [-0.05, 0) is 30.7 Å². The van der Waals surface area contributed by atoms with Crippen LogP contribution in [-0.4, -0.2) is 27.8 Å².